The van der Waals surface area contributed by atoms with Crippen LogP contribution in [0, 0.1) is 5.92 Å². The van der Waals surface area contributed by atoms with Gasteiger partial charge in [-0.1, -0.05) is 36.5 Å². The lowest BCUT2D eigenvalue weighted by atomic mass is 9.81. The quantitative estimate of drug-likeness (QED) is 0.683. The Kier molecular flexibility index (Phi) is 3.67. The summed E-state index contributed by atoms with van der Waals surface area (Å²) < 4.78 is 5.87. The van der Waals surface area contributed by atoms with Crippen molar-refractivity contribution in [3.8, 4) is 0 Å². The minimum Gasteiger partial charge on any atom is -0.353 e. The van der Waals surface area contributed by atoms with Crippen molar-refractivity contribution in [2.24, 2.45) is 5.92 Å². The Morgan fingerprint density at radius 1 is 1.50 bits per heavy atom. The van der Waals surface area contributed by atoms with Gasteiger partial charge < -0.3 is 9.64 Å². The van der Waals surface area contributed by atoms with Crippen molar-refractivity contribution in [3.63, 3.8) is 0 Å². The van der Waals surface area contributed by atoms with Crippen LogP contribution in [0.3, 0.4) is 0 Å². The molecule has 2 rings (SSSR count). The molecule has 1 saturated carbocycles. The zero-order valence-electron chi connectivity index (χ0n) is 9.42. The Hall–Kier alpha value is 0.01000. The van der Waals surface area contributed by atoms with Crippen LogP contribution in [0.1, 0.15) is 32.6 Å². The topological polar surface area (TPSA) is 29.5 Å². The van der Waals surface area contributed by atoms with E-state index in [0.29, 0.717) is 19.1 Å². The molecule has 1 heterocycles. The van der Waals surface area contributed by atoms with Gasteiger partial charge in [-0.2, -0.15) is 0 Å². The number of carbonyl (C=O) groups is 1. The van der Waals surface area contributed by atoms with Crippen molar-refractivity contribution in [1.82, 2.24) is 4.90 Å². The molecule has 2 unspecified atom stereocenters. The van der Waals surface area contributed by atoms with E-state index >= 15 is 0 Å². The number of alkyl halides is 2. The van der Waals surface area contributed by atoms with Gasteiger partial charge in [-0.15, -0.1) is 0 Å². The number of carbonyl (C=O) groups excluding carboxylic acids is 1. The van der Waals surface area contributed by atoms with E-state index in [1.165, 1.54) is 6.42 Å². The van der Waals surface area contributed by atoms with E-state index in [-0.39, 0.29) is 5.91 Å². The molecule has 2 fully saturated rings. The number of hydrogen-bond acceptors (Lipinski definition) is 2. The van der Waals surface area contributed by atoms with Crippen molar-refractivity contribution in [3.05, 3.63) is 0 Å². The Balaban J connectivity index is 2.21. The molecular weight excluding hydrogens is 249 g/mol. The number of hydrogen-bond donors (Lipinski definition) is 0. The van der Waals surface area contributed by atoms with Gasteiger partial charge in [0.25, 0.3) is 5.91 Å². The number of rotatable bonds is 1. The monoisotopic (exact) mass is 265 g/mol. The first-order chi connectivity index (χ1) is 7.58. The molecule has 3 nitrogen and oxygen atoms in total. The largest absolute Gasteiger partial charge is 0.353 e. The van der Waals surface area contributed by atoms with Crippen LogP contribution in [0.25, 0.3) is 0 Å². The van der Waals surface area contributed by atoms with Crippen molar-refractivity contribution in [1.29, 1.82) is 0 Å². The molecule has 0 aromatic rings. The van der Waals surface area contributed by atoms with Crippen LogP contribution in [-0.4, -0.2) is 34.5 Å². The van der Waals surface area contributed by atoms with Gasteiger partial charge in [-0.05, 0) is 19.3 Å². The van der Waals surface area contributed by atoms with Gasteiger partial charge >= 0.3 is 0 Å². The van der Waals surface area contributed by atoms with Gasteiger partial charge in [0.05, 0.1) is 6.61 Å². The lowest BCUT2D eigenvalue weighted by Gasteiger charge is -2.44. The fourth-order valence-corrected chi connectivity index (χ4v) is 3.15. The smallest absolute Gasteiger partial charge is 0.258 e. The first-order valence-corrected chi connectivity index (χ1v) is 6.69. The van der Waals surface area contributed by atoms with Crippen molar-refractivity contribution in [2.45, 2.75) is 43.2 Å². The zero-order valence-corrected chi connectivity index (χ0v) is 10.9. The number of ether oxygens (including phenoxy) is 1. The highest BCUT2D eigenvalue weighted by Gasteiger charge is 2.50. The van der Waals surface area contributed by atoms with Crippen molar-refractivity contribution in [2.75, 3.05) is 13.2 Å². The van der Waals surface area contributed by atoms with E-state index in [4.69, 9.17) is 27.9 Å². The fraction of sp³-hybridized carbons (Fsp3) is 0.909. The van der Waals surface area contributed by atoms with Crippen LogP contribution in [0.2, 0.25) is 0 Å². The summed E-state index contributed by atoms with van der Waals surface area (Å²) in [6.07, 6.45) is 4.31. The first kappa shape index (κ1) is 12.5. The van der Waals surface area contributed by atoms with Crippen LogP contribution in [-0.2, 0) is 9.53 Å². The molecule has 1 aliphatic heterocycles. The lowest BCUT2D eigenvalue weighted by molar-refractivity contribution is -0.166. The molecule has 0 N–H and O–H groups in total. The first-order valence-electron chi connectivity index (χ1n) is 5.81. The summed E-state index contributed by atoms with van der Waals surface area (Å²) in [6, 6.07) is 0. The SMILES string of the molecule is CC1CCCCC12OCCN2C(=O)C(Cl)Cl. The summed E-state index contributed by atoms with van der Waals surface area (Å²) >= 11 is 11.4. The summed E-state index contributed by atoms with van der Waals surface area (Å²) in [6.45, 7) is 3.35. The van der Waals surface area contributed by atoms with Crippen LogP contribution in [0.15, 0.2) is 0 Å². The third-order valence-electron chi connectivity index (χ3n) is 3.77. The molecule has 1 amide bonds. The Morgan fingerprint density at radius 3 is 2.88 bits per heavy atom. The standard InChI is InChI=1S/C11H17Cl2NO2/c1-8-4-2-3-5-11(8)14(6-7-16-11)10(15)9(12)13/h8-9H,2-7H2,1H3. The molecular formula is C11H17Cl2NO2. The average molecular weight is 266 g/mol. The molecule has 2 atom stereocenters. The van der Waals surface area contributed by atoms with E-state index < -0.39 is 10.6 Å². The molecule has 92 valence electrons. The van der Waals surface area contributed by atoms with Crippen LogP contribution in [0.5, 0.6) is 0 Å². The Morgan fingerprint density at radius 2 is 2.25 bits per heavy atom. The molecule has 0 aromatic heterocycles. The predicted molar refractivity (Wildman–Crippen MR) is 63.5 cm³/mol. The average Bonchev–Trinajstić information content (AvgIpc) is 2.66. The van der Waals surface area contributed by atoms with E-state index in [1.807, 2.05) is 0 Å². The fourth-order valence-electron chi connectivity index (χ4n) is 2.91. The number of halogens is 2. The summed E-state index contributed by atoms with van der Waals surface area (Å²) in [5.74, 6) is 0.148. The zero-order chi connectivity index (χ0) is 11.8. The molecule has 0 radical (unpaired) electrons. The Labute approximate surface area is 106 Å². The third-order valence-corrected chi connectivity index (χ3v) is 4.14. The van der Waals surface area contributed by atoms with Gasteiger partial charge in [0.2, 0.25) is 0 Å². The number of nitrogens with zero attached hydrogens (tertiary/aromatic N) is 1. The minimum absolute atomic E-state index is 0.213. The van der Waals surface area contributed by atoms with Crippen LogP contribution >= 0.6 is 23.2 Å². The second-order valence-corrected chi connectivity index (χ2v) is 5.73. The Bertz CT molecular complexity index is 285. The van der Waals surface area contributed by atoms with Crippen LogP contribution in [0.4, 0.5) is 0 Å². The second-order valence-electron chi connectivity index (χ2n) is 4.63. The highest BCUT2D eigenvalue weighted by molar-refractivity contribution is 6.53. The third kappa shape index (κ3) is 1.93. The van der Waals surface area contributed by atoms with Crippen molar-refractivity contribution >= 4 is 29.1 Å². The molecule has 0 aromatic carbocycles. The van der Waals surface area contributed by atoms with Crippen LogP contribution < -0.4 is 0 Å². The second kappa shape index (κ2) is 4.71. The van der Waals surface area contributed by atoms with Gasteiger partial charge in [-0.25, -0.2) is 0 Å². The predicted octanol–water partition coefficient (Wildman–Crippen LogP) is 2.56. The van der Waals surface area contributed by atoms with Gasteiger partial charge in [0.15, 0.2) is 4.84 Å². The van der Waals surface area contributed by atoms with E-state index in [2.05, 4.69) is 6.92 Å². The van der Waals surface area contributed by atoms with E-state index in [1.54, 1.807) is 4.90 Å². The maximum Gasteiger partial charge on any atom is 0.258 e. The molecule has 16 heavy (non-hydrogen) atoms. The molecule has 5 heteroatoms. The lowest BCUT2D eigenvalue weighted by Crippen LogP contribution is -2.55. The molecule has 1 spiro atoms. The summed E-state index contributed by atoms with van der Waals surface area (Å²) in [4.78, 5) is 12.7. The maximum absolute atomic E-state index is 11.9. The van der Waals surface area contributed by atoms with E-state index in [9.17, 15) is 4.79 Å². The summed E-state index contributed by atoms with van der Waals surface area (Å²) in [5, 5.41) is 0. The highest BCUT2D eigenvalue weighted by atomic mass is 35.5. The van der Waals surface area contributed by atoms with Gasteiger partial charge in [-0.3, -0.25) is 4.79 Å². The summed E-state index contributed by atoms with van der Waals surface area (Å²) in [7, 11) is 0. The van der Waals surface area contributed by atoms with E-state index in [0.717, 1.165) is 19.3 Å². The molecule has 0 bridgehead atoms. The molecule has 1 saturated heterocycles. The molecule has 1 aliphatic carbocycles. The molecule has 2 aliphatic rings. The summed E-state index contributed by atoms with van der Waals surface area (Å²) in [5.41, 5.74) is -0.433. The minimum atomic E-state index is -0.979. The number of amides is 1. The van der Waals surface area contributed by atoms with Gasteiger partial charge in [0, 0.05) is 12.5 Å². The maximum atomic E-state index is 11.9. The normalized spacial score (nSPS) is 35.0. The van der Waals surface area contributed by atoms with Crippen molar-refractivity contribution < 1.29 is 9.53 Å². The highest BCUT2D eigenvalue weighted by Crippen LogP contribution is 2.42. The van der Waals surface area contributed by atoms with Gasteiger partial charge in [0.1, 0.15) is 5.72 Å².